The zero-order valence-corrected chi connectivity index (χ0v) is 82.3. The third kappa shape index (κ3) is 34.0. The predicted octanol–water partition coefficient (Wildman–Crippen LogP) is 12.5. The maximum absolute atomic E-state index is 12.2. The largest absolute Gasteiger partial charge is 0.381 e. The molecule has 12 atom stereocenters. The van der Waals surface area contributed by atoms with Crippen LogP contribution < -0.4 is 31.8 Å². The molecule has 6 fully saturated rings. The highest BCUT2D eigenvalue weighted by Gasteiger charge is 2.36. The number of aromatic nitrogens is 6. The van der Waals surface area contributed by atoms with Crippen molar-refractivity contribution in [2.75, 3.05) is 218 Å². The van der Waals surface area contributed by atoms with Crippen LogP contribution in [0.1, 0.15) is 134 Å². The molecule has 0 N–H and O–H groups in total. The molecule has 3 aromatic heterocycles. The van der Waals surface area contributed by atoms with Gasteiger partial charge in [0.05, 0.1) is 39.6 Å². The molecule has 123 heavy (non-hydrogen) atoms. The summed E-state index contributed by atoms with van der Waals surface area (Å²) in [5.74, 6) is 8.03. The first-order chi connectivity index (χ1) is 59.2. The zero-order chi connectivity index (χ0) is 89.5. The number of hydrogen-bond donors (Lipinski definition) is 0. The lowest BCUT2D eigenvalue weighted by atomic mass is 10.1. The summed E-state index contributed by atoms with van der Waals surface area (Å²) in [6, 6.07) is 5.92. The lowest BCUT2D eigenvalue weighted by Gasteiger charge is -2.37. The molecule has 36 heteroatoms. The lowest BCUT2D eigenvalue weighted by molar-refractivity contribution is -0.0390. The van der Waals surface area contributed by atoms with Crippen LogP contribution in [0.2, 0.25) is 0 Å². The minimum atomic E-state index is -0.270. The van der Waals surface area contributed by atoms with E-state index in [-0.39, 0.29) is 92.6 Å². The molecule has 6 saturated heterocycles. The SMILES string of the molecule is CCCCN(C)C1=CCN([C@H]2CS[C@@H](COC)O2)C=C1.CCCN(CC)c1ccn([C@H]2CS[C@@H](COC)O2)c(=O)n1.CCCOC[C@H]1O[C@@H](n2ccc(N(C)CC)nc2=O)CS1.CCN(c1ccn([C@H]2CS[C@@H](COC)O2)c(=O)n1)C(C)C.COC[C@H]1O[C@@H](N2C=CC(N(C)C(C)(C)C)=CC2)CS1.COC[C@H]1O[C@@H](N2C=CC(N(C)CC(C)C)=CC2)CS1. The fourth-order valence-corrected chi connectivity index (χ4v) is 20.1. The first-order valence-corrected chi connectivity index (χ1v) is 49.7. The van der Waals surface area contributed by atoms with Crippen molar-refractivity contribution in [3.8, 4) is 0 Å². The number of methoxy groups -OCH3 is 5. The van der Waals surface area contributed by atoms with Crippen LogP contribution in [0, 0.1) is 5.92 Å². The van der Waals surface area contributed by atoms with E-state index in [4.69, 9.17) is 56.8 Å². The van der Waals surface area contributed by atoms with Gasteiger partial charge in [0.15, 0.2) is 0 Å². The van der Waals surface area contributed by atoms with Crippen molar-refractivity contribution in [3.05, 3.63) is 140 Å². The van der Waals surface area contributed by atoms with Crippen molar-refractivity contribution >= 4 is 88.0 Å². The number of ether oxygens (including phenoxy) is 12. The standard InChI is InChI=1S/3C15H26N2O2S.3C14H23N3O3S/c1-15(2,3)16(4)12-6-8-17(9-7-12)13-11-20-14(19-13)10-18-5;1-12(2)9-16(3)13-5-7-17(8-6-13)14-11-20-15(19-14)10-18-4;1-4-5-8-16(2)13-6-9-17(10-7-13)14-12-20-15(19-14)11-18-3;1-5-16(10(2)3)11-6-7-17(14(18)15-11)12-9-21-13(20-12)8-19-4;1-4-8-19-9-13-20-12(10-21-13)17-7-6-11(15-14(17)18)16(3)5-2;1-4-7-16(5-2)11-6-8-17(14(18)15-11)12-10-21-13(20-12)9-19-3/h6-8,13-14H,9-11H2,1-5H3;5-7,12,14-15H,8-11H2,1-4H3;6-7,9,14-15H,4-5,8,10-12H2,1-3H3;6-7,10,12-13H,5,8-9H2,1-4H3;6-7,12-13H,4-5,8-10H2,1-3H3;6,8,12-13H,4-5,7,9-10H2,1-3H3/t13-,14+;2*14-,15+;3*12-,13+/m111111/s1. The summed E-state index contributed by atoms with van der Waals surface area (Å²) >= 11 is 10.5. The Morgan fingerprint density at radius 2 is 0.805 bits per heavy atom. The number of rotatable bonds is 37. The van der Waals surface area contributed by atoms with Crippen molar-refractivity contribution in [1.82, 2.24) is 58.1 Å². The molecule has 12 rings (SSSR count). The molecule has 12 heterocycles. The number of likely N-dealkylation sites (N-methyl/N-ethyl adjacent to an activating group) is 3. The minimum Gasteiger partial charge on any atom is -0.381 e. The Morgan fingerprint density at radius 1 is 0.439 bits per heavy atom. The first kappa shape index (κ1) is 105. The van der Waals surface area contributed by atoms with Gasteiger partial charge in [-0.25, -0.2) is 14.4 Å². The molecule has 0 amide bonds. The molecular weight excluding hydrogens is 1690 g/mol. The van der Waals surface area contributed by atoms with Crippen LogP contribution in [0.5, 0.6) is 0 Å². The number of hydrogen-bond acceptors (Lipinski definition) is 33. The van der Waals surface area contributed by atoms with Gasteiger partial charge in [0.25, 0.3) is 0 Å². The number of unbranched alkanes of at least 4 members (excludes halogenated alkanes) is 1. The van der Waals surface area contributed by atoms with Crippen molar-refractivity contribution in [3.63, 3.8) is 0 Å². The fourth-order valence-electron chi connectivity index (χ4n) is 13.7. The Bertz CT molecular complexity index is 3920. The normalized spacial score (nSPS) is 24.0. The Balaban J connectivity index is 0.000000203. The van der Waals surface area contributed by atoms with Crippen LogP contribution in [-0.4, -0.2) is 324 Å². The van der Waals surface area contributed by atoms with Crippen LogP contribution in [0.15, 0.2) is 123 Å². The molecule has 0 bridgehead atoms. The number of allylic oxidation sites excluding steroid dienone is 3. The van der Waals surface area contributed by atoms with Crippen molar-refractivity contribution < 1.29 is 56.8 Å². The van der Waals surface area contributed by atoms with Gasteiger partial charge < -0.3 is 101 Å². The van der Waals surface area contributed by atoms with E-state index in [2.05, 4.69) is 213 Å². The average Bonchev–Trinajstić information content (AvgIpc) is 1.80. The summed E-state index contributed by atoms with van der Waals surface area (Å²) in [6.45, 7) is 40.6. The first-order valence-electron chi connectivity index (χ1n) is 43.4. The van der Waals surface area contributed by atoms with Gasteiger partial charge in [-0.05, 0) is 135 Å². The van der Waals surface area contributed by atoms with Crippen LogP contribution >= 0.6 is 70.6 Å². The summed E-state index contributed by atoms with van der Waals surface area (Å²) < 4.78 is 71.1. The van der Waals surface area contributed by atoms with Crippen LogP contribution in [0.25, 0.3) is 0 Å². The van der Waals surface area contributed by atoms with Crippen molar-refractivity contribution in [1.29, 1.82) is 0 Å². The quantitative estimate of drug-likeness (QED) is 0.0487. The molecule has 3 aromatic rings. The van der Waals surface area contributed by atoms with E-state index < -0.39 is 0 Å². The molecule has 0 aliphatic carbocycles. The molecule has 0 spiro atoms. The second-order valence-corrected chi connectivity index (χ2v) is 39.2. The molecule has 30 nitrogen and oxygen atoms in total. The topological polar surface area (TPSA) is 245 Å². The summed E-state index contributed by atoms with van der Waals surface area (Å²) in [4.78, 5) is 68.9. The van der Waals surface area contributed by atoms with Gasteiger partial charge in [0, 0.05) is 230 Å². The number of anilines is 3. The summed E-state index contributed by atoms with van der Waals surface area (Å²) in [7, 11) is 16.8. The van der Waals surface area contributed by atoms with Gasteiger partial charge in [-0.2, -0.15) is 15.0 Å². The lowest BCUT2D eigenvalue weighted by Crippen LogP contribution is -2.40. The van der Waals surface area contributed by atoms with E-state index in [1.54, 1.807) is 103 Å². The van der Waals surface area contributed by atoms with E-state index in [1.807, 2.05) is 72.4 Å². The van der Waals surface area contributed by atoms with Crippen LogP contribution in [0.3, 0.4) is 0 Å². The maximum atomic E-state index is 12.2. The summed E-state index contributed by atoms with van der Waals surface area (Å²) in [5, 5.41) is 0. The number of thioether (sulfide) groups is 6. The van der Waals surface area contributed by atoms with Gasteiger partial charge in [0.2, 0.25) is 0 Å². The summed E-state index contributed by atoms with van der Waals surface area (Å²) in [6.07, 6.45) is 29.4. The molecule has 0 aromatic carbocycles. The Kier molecular flexibility index (Phi) is 47.5. The third-order valence-corrected chi connectivity index (χ3v) is 27.5. The van der Waals surface area contributed by atoms with E-state index in [0.717, 1.165) is 119 Å². The fraction of sp³-hybridized carbons (Fsp3) is 0.724. The van der Waals surface area contributed by atoms with E-state index in [9.17, 15) is 14.4 Å². The van der Waals surface area contributed by atoms with Crippen molar-refractivity contribution in [2.24, 2.45) is 5.92 Å². The monoisotopic (exact) mass is 1830 g/mol. The molecular formula is C87H147N15O15S6. The maximum Gasteiger partial charge on any atom is 0.351 e. The highest BCUT2D eigenvalue weighted by atomic mass is 32.2. The van der Waals surface area contributed by atoms with Gasteiger partial charge in [-0.1, -0.05) is 41.0 Å². The highest BCUT2D eigenvalue weighted by molar-refractivity contribution is 8.01. The average molecular weight is 1840 g/mol. The molecule has 0 radical (unpaired) electrons. The Labute approximate surface area is 759 Å². The molecule has 0 saturated carbocycles. The van der Waals surface area contributed by atoms with Crippen LogP contribution in [0.4, 0.5) is 17.5 Å². The zero-order valence-electron chi connectivity index (χ0n) is 77.4. The Morgan fingerprint density at radius 3 is 1.14 bits per heavy atom. The third-order valence-electron chi connectivity index (χ3n) is 20.9. The predicted molar refractivity (Wildman–Crippen MR) is 508 cm³/mol. The molecule has 696 valence electrons. The molecule has 9 aliphatic rings. The molecule has 0 unspecified atom stereocenters. The smallest absolute Gasteiger partial charge is 0.351 e. The van der Waals surface area contributed by atoms with Gasteiger partial charge in [0.1, 0.15) is 87.4 Å². The van der Waals surface area contributed by atoms with E-state index >= 15 is 0 Å². The van der Waals surface area contributed by atoms with Gasteiger partial charge in [-0.3, -0.25) is 13.7 Å². The van der Waals surface area contributed by atoms with Crippen LogP contribution in [-0.2, 0) is 56.8 Å². The van der Waals surface area contributed by atoms with Gasteiger partial charge >= 0.3 is 17.1 Å². The Hall–Kier alpha value is -5.10. The van der Waals surface area contributed by atoms with E-state index in [1.165, 1.54) is 29.9 Å². The number of nitrogens with zero attached hydrogens (tertiary/aromatic N) is 15. The van der Waals surface area contributed by atoms with Crippen molar-refractivity contribution in [2.45, 2.75) is 197 Å². The van der Waals surface area contributed by atoms with Gasteiger partial charge in [-0.15, -0.1) is 70.6 Å². The second kappa shape index (κ2) is 55.7. The second-order valence-electron chi connectivity index (χ2n) is 32.1. The molecule has 9 aliphatic heterocycles. The minimum absolute atomic E-state index is 0.00792. The van der Waals surface area contributed by atoms with E-state index in [0.29, 0.717) is 63.2 Å². The summed E-state index contributed by atoms with van der Waals surface area (Å²) in [5.41, 5.74) is 3.70. The highest BCUT2D eigenvalue weighted by Crippen LogP contribution is 2.36.